The highest BCUT2D eigenvalue weighted by atomic mass is 16.1. The van der Waals surface area contributed by atoms with Crippen molar-refractivity contribution in [2.75, 3.05) is 6.54 Å². The molecule has 1 N–H and O–H groups in total. The number of carbonyl (C=O) groups excluding carboxylic acids is 1. The number of nitrogens with one attached hydrogen (secondary N) is 1. The van der Waals surface area contributed by atoms with E-state index >= 15 is 0 Å². The molecule has 0 aliphatic carbocycles. The number of hydrogen-bond acceptors (Lipinski definition) is 2. The predicted molar refractivity (Wildman–Crippen MR) is 103 cm³/mol. The van der Waals surface area contributed by atoms with Crippen LogP contribution in [-0.2, 0) is 11.2 Å². The molecule has 0 radical (unpaired) electrons. The quantitative estimate of drug-likeness (QED) is 0.447. The molecule has 0 aliphatic rings. The van der Waals surface area contributed by atoms with E-state index in [9.17, 15) is 4.79 Å². The number of fused-ring (bicyclic) bond motifs is 1. The summed E-state index contributed by atoms with van der Waals surface area (Å²) in [5, 5.41) is 4.92. The SMILES string of the molecule is CC.O=CNCC#Cc1ccc(Cc2nccc3ccccc23)cc1. The minimum atomic E-state index is 0.366. The Kier molecular flexibility index (Phi) is 7.21. The van der Waals surface area contributed by atoms with E-state index in [0.29, 0.717) is 13.0 Å². The molecule has 25 heavy (non-hydrogen) atoms. The molecule has 0 atom stereocenters. The van der Waals surface area contributed by atoms with Gasteiger partial charge in [0.1, 0.15) is 0 Å². The van der Waals surface area contributed by atoms with E-state index in [-0.39, 0.29) is 0 Å². The molecule has 1 heterocycles. The average Bonchev–Trinajstić information content (AvgIpc) is 2.68. The first-order chi connectivity index (χ1) is 12.4. The van der Waals surface area contributed by atoms with Crippen LogP contribution in [0.2, 0.25) is 0 Å². The fourth-order valence-electron chi connectivity index (χ4n) is 2.46. The van der Waals surface area contributed by atoms with Gasteiger partial charge in [-0.25, -0.2) is 0 Å². The van der Waals surface area contributed by atoms with Crippen molar-refractivity contribution in [1.82, 2.24) is 10.3 Å². The second kappa shape index (κ2) is 9.89. The van der Waals surface area contributed by atoms with Crippen LogP contribution in [0.25, 0.3) is 10.8 Å². The molecule has 1 aromatic heterocycles. The van der Waals surface area contributed by atoms with Gasteiger partial charge in [-0.15, -0.1) is 0 Å². The van der Waals surface area contributed by atoms with Crippen LogP contribution in [0.1, 0.15) is 30.7 Å². The van der Waals surface area contributed by atoms with Crippen LogP contribution in [0, 0.1) is 11.8 Å². The Morgan fingerprint density at radius 2 is 1.80 bits per heavy atom. The Hall–Kier alpha value is -3.12. The largest absolute Gasteiger partial charge is 0.348 e. The molecule has 3 rings (SSSR count). The Morgan fingerprint density at radius 3 is 2.56 bits per heavy atom. The van der Waals surface area contributed by atoms with Crippen LogP contribution in [-0.4, -0.2) is 17.9 Å². The first-order valence-electron chi connectivity index (χ1n) is 8.44. The van der Waals surface area contributed by atoms with Crippen molar-refractivity contribution in [2.45, 2.75) is 20.3 Å². The standard InChI is InChI=1S/C20H16N2O.C2H6/c23-15-21-12-3-4-16-7-9-17(10-8-16)14-20-19-6-2-1-5-18(19)11-13-22-20;1-2/h1-2,5-11,13,15H,12,14H2,(H,21,23);1-2H3. The van der Waals surface area contributed by atoms with Crippen LogP contribution in [0.15, 0.2) is 60.8 Å². The Labute approximate surface area is 149 Å². The van der Waals surface area contributed by atoms with Crippen molar-refractivity contribution in [3.63, 3.8) is 0 Å². The van der Waals surface area contributed by atoms with E-state index < -0.39 is 0 Å². The van der Waals surface area contributed by atoms with Gasteiger partial charge in [0.25, 0.3) is 0 Å². The Morgan fingerprint density at radius 1 is 1.04 bits per heavy atom. The molecule has 3 heteroatoms. The van der Waals surface area contributed by atoms with Crippen LogP contribution in [0.4, 0.5) is 0 Å². The molecule has 0 aliphatic heterocycles. The van der Waals surface area contributed by atoms with Gasteiger partial charge in [-0.1, -0.05) is 62.1 Å². The van der Waals surface area contributed by atoms with E-state index in [2.05, 4.69) is 46.4 Å². The summed E-state index contributed by atoms with van der Waals surface area (Å²) in [5.74, 6) is 5.90. The molecule has 3 nitrogen and oxygen atoms in total. The molecule has 2 aromatic carbocycles. The number of rotatable bonds is 4. The summed E-state index contributed by atoms with van der Waals surface area (Å²) in [6.45, 7) is 4.37. The lowest BCUT2D eigenvalue weighted by Crippen LogP contribution is -2.09. The Balaban J connectivity index is 0.00000109. The van der Waals surface area contributed by atoms with Crippen molar-refractivity contribution in [3.05, 3.63) is 77.6 Å². The summed E-state index contributed by atoms with van der Waals surface area (Å²) >= 11 is 0. The summed E-state index contributed by atoms with van der Waals surface area (Å²) in [4.78, 5) is 14.7. The van der Waals surface area contributed by atoms with Gasteiger partial charge in [0.15, 0.2) is 0 Å². The average molecular weight is 330 g/mol. The smallest absolute Gasteiger partial charge is 0.207 e. The van der Waals surface area contributed by atoms with Gasteiger partial charge >= 0.3 is 0 Å². The molecule has 0 fully saturated rings. The molecule has 126 valence electrons. The van der Waals surface area contributed by atoms with Gasteiger partial charge in [-0.05, 0) is 29.1 Å². The molecule has 0 saturated heterocycles. The number of hydrogen-bond donors (Lipinski definition) is 1. The number of aromatic nitrogens is 1. The van der Waals surface area contributed by atoms with Crippen LogP contribution >= 0.6 is 0 Å². The van der Waals surface area contributed by atoms with Gasteiger partial charge in [0, 0.05) is 23.6 Å². The number of carbonyl (C=O) groups is 1. The monoisotopic (exact) mass is 330 g/mol. The van der Waals surface area contributed by atoms with E-state index in [4.69, 9.17) is 0 Å². The van der Waals surface area contributed by atoms with Gasteiger partial charge < -0.3 is 5.32 Å². The van der Waals surface area contributed by atoms with Gasteiger partial charge in [-0.3, -0.25) is 9.78 Å². The molecular weight excluding hydrogens is 308 g/mol. The topological polar surface area (TPSA) is 42.0 Å². The molecule has 3 aromatic rings. The summed E-state index contributed by atoms with van der Waals surface area (Å²) < 4.78 is 0. The van der Waals surface area contributed by atoms with Crippen LogP contribution < -0.4 is 5.32 Å². The van der Waals surface area contributed by atoms with Gasteiger partial charge in [0.05, 0.1) is 12.2 Å². The second-order valence-electron chi connectivity index (χ2n) is 5.15. The lowest BCUT2D eigenvalue weighted by molar-refractivity contribution is -0.109. The van der Waals surface area contributed by atoms with Crippen LogP contribution in [0.3, 0.4) is 0 Å². The van der Waals surface area contributed by atoms with E-state index in [1.54, 1.807) is 0 Å². The number of nitrogens with zero attached hydrogens (tertiary/aromatic N) is 1. The van der Waals surface area contributed by atoms with Crippen molar-refractivity contribution in [1.29, 1.82) is 0 Å². The number of pyridine rings is 1. The maximum absolute atomic E-state index is 10.1. The third-order valence-corrected chi connectivity index (χ3v) is 3.59. The maximum Gasteiger partial charge on any atom is 0.207 e. The zero-order valence-corrected chi connectivity index (χ0v) is 14.6. The predicted octanol–water partition coefficient (Wildman–Crippen LogP) is 3.95. The van der Waals surface area contributed by atoms with Gasteiger partial charge in [0.2, 0.25) is 6.41 Å². The lowest BCUT2D eigenvalue weighted by Gasteiger charge is -2.06. The lowest BCUT2D eigenvalue weighted by atomic mass is 10.0. The summed E-state index contributed by atoms with van der Waals surface area (Å²) in [5.41, 5.74) is 3.22. The third-order valence-electron chi connectivity index (χ3n) is 3.59. The number of benzene rings is 2. The zero-order chi connectivity index (χ0) is 17.9. The van der Waals surface area contributed by atoms with Crippen molar-refractivity contribution < 1.29 is 4.79 Å². The molecule has 0 unspecified atom stereocenters. The highest BCUT2D eigenvalue weighted by molar-refractivity contribution is 5.84. The maximum atomic E-state index is 10.1. The van der Waals surface area contributed by atoms with E-state index in [0.717, 1.165) is 17.7 Å². The van der Waals surface area contributed by atoms with Crippen molar-refractivity contribution in [3.8, 4) is 11.8 Å². The van der Waals surface area contributed by atoms with Crippen molar-refractivity contribution >= 4 is 17.2 Å². The fourth-order valence-corrected chi connectivity index (χ4v) is 2.46. The normalized spacial score (nSPS) is 9.36. The van der Waals surface area contributed by atoms with Crippen molar-refractivity contribution in [2.24, 2.45) is 0 Å². The molecule has 0 spiro atoms. The Bertz CT molecular complexity index is 868. The first-order valence-corrected chi connectivity index (χ1v) is 8.44. The van der Waals surface area contributed by atoms with E-state index in [1.165, 1.54) is 16.3 Å². The highest BCUT2D eigenvalue weighted by Crippen LogP contribution is 2.19. The minimum Gasteiger partial charge on any atom is -0.348 e. The summed E-state index contributed by atoms with van der Waals surface area (Å²) in [7, 11) is 0. The molecular formula is C22H22N2O. The molecule has 0 saturated carbocycles. The third kappa shape index (κ3) is 5.19. The minimum absolute atomic E-state index is 0.366. The highest BCUT2D eigenvalue weighted by Gasteiger charge is 2.03. The molecule has 0 bridgehead atoms. The first kappa shape index (κ1) is 18.2. The second-order valence-corrected chi connectivity index (χ2v) is 5.15. The number of amides is 1. The van der Waals surface area contributed by atoms with E-state index in [1.807, 2.05) is 50.4 Å². The van der Waals surface area contributed by atoms with Crippen LogP contribution in [0.5, 0.6) is 0 Å². The molecule has 1 amide bonds. The fraction of sp³-hybridized carbons (Fsp3) is 0.182. The summed E-state index contributed by atoms with van der Waals surface area (Å²) in [6.07, 6.45) is 3.30. The summed E-state index contributed by atoms with van der Waals surface area (Å²) in [6, 6.07) is 18.5. The van der Waals surface area contributed by atoms with Gasteiger partial charge in [-0.2, -0.15) is 0 Å². The zero-order valence-electron chi connectivity index (χ0n) is 14.6.